The molecule has 0 radical (unpaired) electrons. The zero-order valence-corrected chi connectivity index (χ0v) is 52.2. The van der Waals surface area contributed by atoms with E-state index in [0.29, 0.717) is 12.8 Å². The second-order valence-corrected chi connectivity index (χ2v) is 21.8. The van der Waals surface area contributed by atoms with Gasteiger partial charge in [-0.3, -0.25) is 4.79 Å². The van der Waals surface area contributed by atoms with Crippen LogP contribution < -0.4 is 5.32 Å². The third-order valence-electron chi connectivity index (χ3n) is 14.4. The number of aliphatic hydroxyl groups is 8. The summed E-state index contributed by atoms with van der Waals surface area (Å²) in [6.45, 7) is 2.58. The molecular formula is C72H113NO13. The van der Waals surface area contributed by atoms with E-state index in [9.17, 15) is 45.6 Å². The van der Waals surface area contributed by atoms with Crippen molar-refractivity contribution in [1.82, 2.24) is 5.32 Å². The van der Waals surface area contributed by atoms with Crippen molar-refractivity contribution in [3.8, 4) is 0 Å². The van der Waals surface area contributed by atoms with Crippen LogP contribution in [0, 0.1) is 0 Å². The smallest absolute Gasteiger partial charge is 0.220 e. The van der Waals surface area contributed by atoms with Gasteiger partial charge in [-0.1, -0.05) is 223 Å². The molecule has 1 amide bonds. The van der Waals surface area contributed by atoms with Gasteiger partial charge in [-0.05, 0) is 122 Å². The first-order chi connectivity index (χ1) is 42.1. The fourth-order valence-corrected chi connectivity index (χ4v) is 9.23. The van der Waals surface area contributed by atoms with Crippen molar-refractivity contribution in [2.75, 3.05) is 19.8 Å². The van der Waals surface area contributed by atoms with Gasteiger partial charge in [-0.2, -0.15) is 0 Å². The maximum atomic E-state index is 13.2. The number of aliphatic hydroxyl groups excluding tert-OH is 8. The minimum atomic E-state index is -1.80. The second kappa shape index (κ2) is 54.5. The lowest BCUT2D eigenvalue weighted by molar-refractivity contribution is -0.359. The molecule has 0 aromatic carbocycles. The summed E-state index contributed by atoms with van der Waals surface area (Å²) < 4.78 is 22.7. The van der Waals surface area contributed by atoms with Crippen molar-refractivity contribution in [3.05, 3.63) is 170 Å². The largest absolute Gasteiger partial charge is 0.394 e. The summed E-state index contributed by atoms with van der Waals surface area (Å²) in [5.74, 6) is -0.284. The Bertz CT molecular complexity index is 2100. The lowest BCUT2D eigenvalue weighted by Gasteiger charge is -2.46. The number of unbranched alkanes of at least 4 members (excludes halogenated alkanes) is 10. The molecule has 2 saturated heterocycles. The van der Waals surface area contributed by atoms with E-state index < -0.39 is 86.8 Å². The third kappa shape index (κ3) is 38.6. The molecule has 484 valence electrons. The molecule has 0 aromatic rings. The van der Waals surface area contributed by atoms with Gasteiger partial charge in [0.2, 0.25) is 5.91 Å². The maximum Gasteiger partial charge on any atom is 0.220 e. The van der Waals surface area contributed by atoms with Crippen molar-refractivity contribution in [2.45, 2.75) is 254 Å². The van der Waals surface area contributed by atoms with E-state index in [-0.39, 0.29) is 18.9 Å². The molecule has 2 rings (SSSR count). The lowest BCUT2D eigenvalue weighted by atomic mass is 9.97. The fourth-order valence-electron chi connectivity index (χ4n) is 9.23. The van der Waals surface area contributed by atoms with E-state index in [1.807, 2.05) is 6.08 Å². The number of hydrogen-bond donors (Lipinski definition) is 9. The summed E-state index contributed by atoms with van der Waals surface area (Å²) in [5.41, 5.74) is 0. The molecule has 2 aliphatic rings. The monoisotopic (exact) mass is 1200 g/mol. The molecular weight excluding hydrogens is 1090 g/mol. The number of hydrogen-bond acceptors (Lipinski definition) is 13. The molecule has 0 spiro atoms. The minimum Gasteiger partial charge on any atom is -0.394 e. The summed E-state index contributed by atoms with van der Waals surface area (Å²) >= 11 is 0. The molecule has 86 heavy (non-hydrogen) atoms. The van der Waals surface area contributed by atoms with Crippen molar-refractivity contribution in [3.63, 3.8) is 0 Å². The highest BCUT2D eigenvalue weighted by Crippen LogP contribution is 2.30. The summed E-state index contributed by atoms with van der Waals surface area (Å²) in [7, 11) is 0. The average molecular weight is 1200 g/mol. The molecule has 9 N–H and O–H groups in total. The highest BCUT2D eigenvalue weighted by Gasteiger charge is 2.51. The van der Waals surface area contributed by atoms with Gasteiger partial charge in [0.25, 0.3) is 0 Å². The second-order valence-electron chi connectivity index (χ2n) is 21.8. The highest BCUT2D eigenvalue weighted by molar-refractivity contribution is 5.76. The van der Waals surface area contributed by atoms with Gasteiger partial charge in [-0.15, -0.1) is 0 Å². The van der Waals surface area contributed by atoms with Gasteiger partial charge in [-0.25, -0.2) is 0 Å². The molecule has 14 heteroatoms. The summed E-state index contributed by atoms with van der Waals surface area (Å²) in [4.78, 5) is 13.2. The van der Waals surface area contributed by atoms with Gasteiger partial charge < -0.3 is 65.1 Å². The number of carbonyl (C=O) groups excluding carboxylic acids is 1. The zero-order chi connectivity index (χ0) is 62.3. The predicted octanol–water partition coefficient (Wildman–Crippen LogP) is 12.4. The Hall–Kier alpha value is -4.65. The van der Waals surface area contributed by atoms with Crippen LogP contribution in [0.4, 0.5) is 0 Å². The standard InChI is InChI=1S/C72H113NO13/c1-3-5-7-9-11-13-15-16-17-18-19-20-21-22-23-24-25-26-27-28-29-30-31-32-33-34-35-36-37-38-39-40-41-42-43-44-46-48-50-52-54-56-64(77)73-60(61(76)55-53-51-49-47-45-14-12-10-8-6-4-2)59-83-71-69(82)67(80)70(63(58-75)85-71)86-72-68(81)66(79)65(78)62(57-74)84-72/h5,7,11,13,16-17,19-20,22-23,25-26,28-29,31-32,34-35,37-38,40-41,43-45,47,53,55,60-63,65-72,74-76,78-82H,3-4,6,8-10,12,14-15,18,21,24,27,30,33,36,39,42,46,48-52,54,56-59H2,1-2H3,(H,73,77)/b7-5-,13-11-,17-16-,20-19-,23-22-,26-25-,29-28-,32-31-,35-34-,38-37-,41-40-,44-43-,47-45+,55-53+. The first-order valence-corrected chi connectivity index (χ1v) is 32.4. The lowest BCUT2D eigenvalue weighted by Crippen LogP contribution is -2.65. The number of allylic oxidation sites excluding steroid dienone is 27. The molecule has 2 fully saturated rings. The minimum absolute atomic E-state index is 0.232. The Morgan fingerprint density at radius 2 is 0.814 bits per heavy atom. The van der Waals surface area contributed by atoms with E-state index in [2.05, 4.69) is 177 Å². The summed E-state index contributed by atoms with van der Waals surface area (Å²) in [6, 6.07) is -0.957. The van der Waals surface area contributed by atoms with Gasteiger partial charge in [0, 0.05) is 6.42 Å². The average Bonchev–Trinajstić information content (AvgIpc) is 1.60. The fraction of sp³-hybridized carbons (Fsp3) is 0.597. The quantitative estimate of drug-likeness (QED) is 0.0204. The predicted molar refractivity (Wildman–Crippen MR) is 350 cm³/mol. The van der Waals surface area contributed by atoms with Gasteiger partial charge in [0.1, 0.15) is 48.8 Å². The van der Waals surface area contributed by atoms with Crippen LogP contribution >= 0.6 is 0 Å². The van der Waals surface area contributed by atoms with Crippen LogP contribution in [0.3, 0.4) is 0 Å². The molecule has 12 unspecified atom stereocenters. The number of carbonyl (C=O) groups is 1. The van der Waals surface area contributed by atoms with Crippen molar-refractivity contribution in [2.24, 2.45) is 0 Å². The Balaban J connectivity index is 1.64. The van der Waals surface area contributed by atoms with E-state index >= 15 is 0 Å². The first kappa shape index (κ1) is 77.4. The molecule has 2 aliphatic heterocycles. The zero-order valence-electron chi connectivity index (χ0n) is 52.2. The van der Waals surface area contributed by atoms with Crippen molar-refractivity contribution < 1.29 is 64.6 Å². The number of nitrogens with one attached hydrogen (secondary N) is 1. The molecule has 2 heterocycles. The van der Waals surface area contributed by atoms with Gasteiger partial charge >= 0.3 is 0 Å². The topological polar surface area (TPSA) is 228 Å². The molecule has 0 saturated carbocycles. The van der Waals surface area contributed by atoms with Crippen LogP contribution in [0.15, 0.2) is 170 Å². The molecule has 12 atom stereocenters. The van der Waals surface area contributed by atoms with E-state index in [1.165, 1.54) is 25.7 Å². The molecule has 0 bridgehead atoms. The Labute approximate surface area is 518 Å². The number of rotatable bonds is 49. The van der Waals surface area contributed by atoms with E-state index in [0.717, 1.165) is 122 Å². The first-order valence-electron chi connectivity index (χ1n) is 32.4. The van der Waals surface area contributed by atoms with Gasteiger partial charge in [0.05, 0.1) is 32.0 Å². The molecule has 14 nitrogen and oxygen atoms in total. The van der Waals surface area contributed by atoms with Crippen LogP contribution in [0.1, 0.15) is 181 Å². The van der Waals surface area contributed by atoms with Gasteiger partial charge in [0.15, 0.2) is 12.6 Å². The Kier molecular flexibility index (Phi) is 49.1. The molecule has 0 aliphatic carbocycles. The highest BCUT2D eigenvalue weighted by atomic mass is 16.7. The van der Waals surface area contributed by atoms with Crippen LogP contribution in [0.2, 0.25) is 0 Å². The van der Waals surface area contributed by atoms with Crippen molar-refractivity contribution >= 4 is 5.91 Å². The van der Waals surface area contributed by atoms with E-state index in [1.54, 1.807) is 6.08 Å². The third-order valence-corrected chi connectivity index (χ3v) is 14.4. The van der Waals surface area contributed by atoms with Crippen LogP contribution in [-0.2, 0) is 23.7 Å². The Morgan fingerprint density at radius 1 is 0.430 bits per heavy atom. The summed E-state index contributed by atoms with van der Waals surface area (Å²) in [6.07, 6.45) is 68.5. The SMILES string of the molecule is CC/C=C\C/C=C\C/C=C\C/C=C\C/C=C\C/C=C\C/C=C\C/C=C\C/C=C\C/C=C\C/C=C\C/C=C\CCCCCCC(=O)NC(COC1OC(CO)C(OC2OC(CO)C(O)C(O)C2O)C(O)C1O)C(O)/C=C/CC/C=C/CCCCCCC. The maximum absolute atomic E-state index is 13.2. The van der Waals surface area contributed by atoms with Crippen LogP contribution in [0.5, 0.6) is 0 Å². The number of ether oxygens (including phenoxy) is 4. The number of amides is 1. The normalized spacial score (nSPS) is 24.6. The van der Waals surface area contributed by atoms with Crippen LogP contribution in [0.25, 0.3) is 0 Å². The Morgan fingerprint density at radius 3 is 1.27 bits per heavy atom. The molecule has 0 aromatic heterocycles. The van der Waals surface area contributed by atoms with Crippen molar-refractivity contribution in [1.29, 1.82) is 0 Å². The van der Waals surface area contributed by atoms with E-state index in [4.69, 9.17) is 18.9 Å². The summed E-state index contributed by atoms with van der Waals surface area (Å²) in [5, 5.41) is 86.9. The van der Waals surface area contributed by atoms with Crippen LogP contribution in [-0.4, -0.2) is 140 Å².